The highest BCUT2D eigenvalue weighted by Gasteiger charge is 2.07. The van der Waals surface area contributed by atoms with E-state index in [0.29, 0.717) is 0 Å². The molecular weight excluding hydrogens is 234 g/mol. The molecule has 94 valence electrons. The molecule has 0 unspecified atom stereocenters. The summed E-state index contributed by atoms with van der Waals surface area (Å²) in [5.74, 6) is 0.812. The third-order valence-corrected chi connectivity index (χ3v) is 3.32. The number of aryl methyl sites for hydroxylation is 1. The number of nitrogens with zero attached hydrogens (tertiary/aromatic N) is 1. The summed E-state index contributed by atoms with van der Waals surface area (Å²) in [5.41, 5.74) is 4.55. The van der Waals surface area contributed by atoms with Crippen LogP contribution in [0.4, 0.5) is 0 Å². The van der Waals surface area contributed by atoms with Crippen molar-refractivity contribution in [2.24, 2.45) is 0 Å². The molecule has 0 saturated heterocycles. The molecule has 0 radical (unpaired) electrons. The number of rotatable bonds is 2. The van der Waals surface area contributed by atoms with E-state index in [0.717, 1.165) is 16.7 Å². The van der Waals surface area contributed by atoms with Gasteiger partial charge in [-0.15, -0.1) is 0 Å². The Morgan fingerprint density at radius 2 is 1.74 bits per heavy atom. The van der Waals surface area contributed by atoms with Crippen molar-refractivity contribution in [2.45, 2.75) is 6.92 Å². The lowest BCUT2D eigenvalue weighted by Crippen LogP contribution is -1.89. The zero-order valence-corrected chi connectivity index (χ0v) is 11.1. The van der Waals surface area contributed by atoms with Crippen LogP contribution in [0.15, 0.2) is 54.7 Å². The van der Waals surface area contributed by atoms with E-state index in [1.807, 2.05) is 24.4 Å². The smallest absolute Gasteiger partial charge is 0.145 e. The van der Waals surface area contributed by atoms with Gasteiger partial charge in [0.25, 0.3) is 0 Å². The molecule has 0 bridgehead atoms. The second kappa shape index (κ2) is 4.73. The maximum Gasteiger partial charge on any atom is 0.145 e. The van der Waals surface area contributed by atoms with Gasteiger partial charge in [-0.3, -0.25) is 4.98 Å². The van der Waals surface area contributed by atoms with Crippen molar-refractivity contribution in [1.29, 1.82) is 0 Å². The van der Waals surface area contributed by atoms with E-state index in [4.69, 9.17) is 4.74 Å². The van der Waals surface area contributed by atoms with Gasteiger partial charge in [-0.05, 0) is 30.2 Å². The van der Waals surface area contributed by atoms with Gasteiger partial charge in [0.1, 0.15) is 11.3 Å². The number of para-hydroxylation sites is 1. The van der Waals surface area contributed by atoms with Gasteiger partial charge >= 0.3 is 0 Å². The van der Waals surface area contributed by atoms with Gasteiger partial charge in [-0.25, -0.2) is 0 Å². The number of methoxy groups -OCH3 is 1. The number of pyridine rings is 1. The van der Waals surface area contributed by atoms with Crippen LogP contribution in [0.3, 0.4) is 0 Å². The van der Waals surface area contributed by atoms with Crippen LogP contribution in [-0.4, -0.2) is 12.1 Å². The highest BCUT2D eigenvalue weighted by molar-refractivity contribution is 5.97. The summed E-state index contributed by atoms with van der Waals surface area (Å²) in [4.78, 5) is 4.43. The van der Waals surface area contributed by atoms with Crippen LogP contribution in [0.1, 0.15) is 5.56 Å². The number of aromatic nitrogens is 1. The fourth-order valence-electron chi connectivity index (χ4n) is 2.30. The quantitative estimate of drug-likeness (QED) is 0.678. The van der Waals surface area contributed by atoms with Crippen LogP contribution in [0.5, 0.6) is 5.75 Å². The Kier molecular flexibility index (Phi) is 2.92. The zero-order chi connectivity index (χ0) is 13.2. The molecule has 0 aliphatic carbocycles. The first-order valence-corrected chi connectivity index (χ1v) is 6.28. The average molecular weight is 249 g/mol. The van der Waals surface area contributed by atoms with Gasteiger partial charge in [-0.2, -0.15) is 0 Å². The minimum Gasteiger partial charge on any atom is -0.494 e. The first-order chi connectivity index (χ1) is 9.29. The lowest BCUT2D eigenvalue weighted by molar-refractivity contribution is 0.419. The van der Waals surface area contributed by atoms with Gasteiger partial charge in [0.05, 0.1) is 7.11 Å². The average Bonchev–Trinajstić information content (AvgIpc) is 2.47. The standard InChI is InChI=1S/C17H15NO/c1-12-6-8-13(9-7-12)14-10-11-18-17-15(14)4-3-5-16(17)19-2/h3-11H,1-2H3. The summed E-state index contributed by atoms with van der Waals surface area (Å²) in [5, 5.41) is 1.12. The molecule has 0 aliphatic heterocycles. The number of ether oxygens (including phenoxy) is 1. The molecule has 2 nitrogen and oxygen atoms in total. The molecule has 0 amide bonds. The fraction of sp³-hybridized carbons (Fsp3) is 0.118. The summed E-state index contributed by atoms with van der Waals surface area (Å²) in [6, 6.07) is 16.6. The van der Waals surface area contributed by atoms with Crippen molar-refractivity contribution < 1.29 is 4.74 Å². The summed E-state index contributed by atoms with van der Waals surface area (Å²) in [7, 11) is 1.68. The molecule has 2 aromatic carbocycles. The van der Waals surface area contributed by atoms with Gasteiger partial charge in [0.15, 0.2) is 0 Å². The molecule has 1 heterocycles. The molecule has 0 atom stereocenters. The normalized spacial score (nSPS) is 10.6. The predicted octanol–water partition coefficient (Wildman–Crippen LogP) is 4.22. The maximum absolute atomic E-state index is 5.37. The molecule has 3 aromatic rings. The fourth-order valence-corrected chi connectivity index (χ4v) is 2.30. The molecule has 0 aliphatic rings. The van der Waals surface area contributed by atoms with Crippen LogP contribution in [0.25, 0.3) is 22.0 Å². The Hall–Kier alpha value is -2.35. The van der Waals surface area contributed by atoms with Gasteiger partial charge in [0, 0.05) is 11.6 Å². The summed E-state index contributed by atoms with van der Waals surface area (Å²) in [6.45, 7) is 2.09. The number of benzene rings is 2. The van der Waals surface area contributed by atoms with Crippen LogP contribution in [0.2, 0.25) is 0 Å². The van der Waals surface area contributed by atoms with Gasteiger partial charge < -0.3 is 4.74 Å². The summed E-state index contributed by atoms with van der Waals surface area (Å²) in [6.07, 6.45) is 1.83. The minimum atomic E-state index is 0.812. The first-order valence-electron chi connectivity index (χ1n) is 6.28. The largest absolute Gasteiger partial charge is 0.494 e. The molecular formula is C17H15NO. The molecule has 1 aromatic heterocycles. The first kappa shape index (κ1) is 11.7. The van der Waals surface area contributed by atoms with Crippen LogP contribution in [0, 0.1) is 6.92 Å². The Bertz CT molecular complexity index is 717. The lowest BCUT2D eigenvalue weighted by atomic mass is 10.0. The van der Waals surface area contributed by atoms with E-state index in [2.05, 4.69) is 42.2 Å². The Morgan fingerprint density at radius 3 is 2.47 bits per heavy atom. The van der Waals surface area contributed by atoms with Crippen molar-refractivity contribution in [1.82, 2.24) is 4.98 Å². The second-order valence-electron chi connectivity index (χ2n) is 4.58. The van der Waals surface area contributed by atoms with Crippen molar-refractivity contribution in [2.75, 3.05) is 7.11 Å². The molecule has 0 saturated carbocycles. The minimum absolute atomic E-state index is 0.812. The van der Waals surface area contributed by atoms with Gasteiger partial charge in [0.2, 0.25) is 0 Å². The van der Waals surface area contributed by atoms with Crippen molar-refractivity contribution in [3.05, 3.63) is 60.3 Å². The van der Waals surface area contributed by atoms with E-state index >= 15 is 0 Å². The maximum atomic E-state index is 5.37. The number of fused-ring (bicyclic) bond motifs is 1. The monoisotopic (exact) mass is 249 g/mol. The molecule has 0 spiro atoms. The number of hydrogen-bond acceptors (Lipinski definition) is 2. The van der Waals surface area contributed by atoms with Crippen LogP contribution in [-0.2, 0) is 0 Å². The molecule has 2 heteroatoms. The lowest BCUT2D eigenvalue weighted by Gasteiger charge is -2.09. The number of hydrogen-bond donors (Lipinski definition) is 0. The third kappa shape index (κ3) is 2.06. The van der Waals surface area contributed by atoms with E-state index < -0.39 is 0 Å². The zero-order valence-electron chi connectivity index (χ0n) is 11.1. The van der Waals surface area contributed by atoms with E-state index in [9.17, 15) is 0 Å². The Labute approximate surface area is 112 Å². The SMILES string of the molecule is COc1cccc2c(-c3ccc(C)cc3)ccnc12. The predicted molar refractivity (Wildman–Crippen MR) is 78.5 cm³/mol. The highest BCUT2D eigenvalue weighted by Crippen LogP contribution is 2.31. The molecule has 0 fully saturated rings. The van der Waals surface area contributed by atoms with Crippen molar-refractivity contribution >= 4 is 10.9 Å². The van der Waals surface area contributed by atoms with E-state index in [1.165, 1.54) is 16.7 Å². The van der Waals surface area contributed by atoms with Crippen molar-refractivity contribution in [3.8, 4) is 16.9 Å². The van der Waals surface area contributed by atoms with E-state index in [-0.39, 0.29) is 0 Å². The van der Waals surface area contributed by atoms with Crippen LogP contribution >= 0.6 is 0 Å². The van der Waals surface area contributed by atoms with E-state index in [1.54, 1.807) is 7.11 Å². The Balaban J connectivity index is 2.27. The summed E-state index contributed by atoms with van der Waals surface area (Å²) < 4.78 is 5.37. The molecule has 0 N–H and O–H groups in total. The van der Waals surface area contributed by atoms with Gasteiger partial charge in [-0.1, -0.05) is 42.0 Å². The van der Waals surface area contributed by atoms with Crippen molar-refractivity contribution in [3.63, 3.8) is 0 Å². The summed E-state index contributed by atoms with van der Waals surface area (Å²) >= 11 is 0. The third-order valence-electron chi connectivity index (χ3n) is 3.32. The molecule has 19 heavy (non-hydrogen) atoms. The Morgan fingerprint density at radius 1 is 0.947 bits per heavy atom. The molecule has 3 rings (SSSR count). The highest BCUT2D eigenvalue weighted by atomic mass is 16.5. The van der Waals surface area contributed by atoms with Crippen LogP contribution < -0.4 is 4.74 Å². The second-order valence-corrected chi connectivity index (χ2v) is 4.58. The topological polar surface area (TPSA) is 22.1 Å².